The Hall–Kier alpha value is -4.30. The van der Waals surface area contributed by atoms with Crippen molar-refractivity contribution in [3.05, 3.63) is 100 Å². The molecule has 0 spiro atoms. The molecule has 1 heterocycles. The zero-order valence-corrected chi connectivity index (χ0v) is 18.4. The number of imide groups is 1. The minimum Gasteiger partial charge on any atom is -0.423 e. The van der Waals surface area contributed by atoms with Crippen molar-refractivity contribution in [2.45, 2.75) is 6.92 Å². The number of amides is 2. The minimum atomic E-state index is -0.739. The first-order valence-corrected chi connectivity index (χ1v) is 10.4. The van der Waals surface area contributed by atoms with E-state index in [1.807, 2.05) is 0 Å². The maximum Gasteiger partial charge on any atom is 0.343 e. The second-order valence-electron chi connectivity index (χ2n) is 7.28. The van der Waals surface area contributed by atoms with Crippen molar-refractivity contribution >= 4 is 46.5 Å². The number of ether oxygens (including phenoxy) is 1. The molecule has 9 heteroatoms. The molecule has 0 aliphatic carbocycles. The highest BCUT2D eigenvalue weighted by molar-refractivity contribution is 6.53. The number of Topliss-reactive ketones (excluding diaryl/α,β-unsaturated/α-hetero) is 1. The second kappa shape index (κ2) is 9.29. The van der Waals surface area contributed by atoms with Crippen LogP contribution in [0.2, 0.25) is 0 Å². The van der Waals surface area contributed by atoms with Crippen LogP contribution in [0.25, 0.3) is 0 Å². The Balaban J connectivity index is 1.45. The molecule has 1 aliphatic rings. The van der Waals surface area contributed by atoms with Gasteiger partial charge in [-0.25, -0.2) is 14.1 Å². The number of nitrogens with zero attached hydrogens (tertiary/aromatic N) is 1. The molecule has 0 fully saturated rings. The summed E-state index contributed by atoms with van der Waals surface area (Å²) in [4.78, 5) is 49.8. The van der Waals surface area contributed by atoms with Gasteiger partial charge in [0.1, 0.15) is 22.3 Å². The van der Waals surface area contributed by atoms with Crippen LogP contribution >= 0.6 is 11.6 Å². The van der Waals surface area contributed by atoms with Crippen LogP contribution in [0, 0.1) is 5.82 Å². The van der Waals surface area contributed by atoms with E-state index in [0.717, 1.165) is 17.0 Å². The van der Waals surface area contributed by atoms with Crippen LogP contribution in [-0.2, 0) is 9.59 Å². The zero-order chi connectivity index (χ0) is 24.4. The molecule has 34 heavy (non-hydrogen) atoms. The zero-order valence-electron chi connectivity index (χ0n) is 17.7. The molecular formula is C25H16ClFN2O5. The molecule has 0 saturated carbocycles. The number of esters is 1. The van der Waals surface area contributed by atoms with Gasteiger partial charge in [-0.1, -0.05) is 11.6 Å². The average Bonchev–Trinajstić information content (AvgIpc) is 3.03. The maximum absolute atomic E-state index is 13.2. The van der Waals surface area contributed by atoms with Gasteiger partial charge in [-0.3, -0.25) is 14.4 Å². The fraction of sp³-hybridized carbons (Fsp3) is 0.0400. The largest absolute Gasteiger partial charge is 0.423 e. The van der Waals surface area contributed by atoms with E-state index in [1.54, 1.807) is 12.1 Å². The van der Waals surface area contributed by atoms with Crippen molar-refractivity contribution in [1.29, 1.82) is 0 Å². The lowest BCUT2D eigenvalue weighted by Gasteiger charge is -2.15. The SMILES string of the molecule is CC(=O)c1ccc(OC(=O)c2ccc(NC3=C(Cl)C(=O)N(c4ccc(F)cc4)C3=O)cc2)cc1. The third-order valence-corrected chi connectivity index (χ3v) is 5.32. The fourth-order valence-electron chi connectivity index (χ4n) is 3.19. The number of rotatable bonds is 6. The van der Waals surface area contributed by atoms with Crippen LogP contribution in [0.1, 0.15) is 27.6 Å². The van der Waals surface area contributed by atoms with Crippen molar-refractivity contribution in [1.82, 2.24) is 0 Å². The second-order valence-corrected chi connectivity index (χ2v) is 7.66. The molecule has 0 aromatic heterocycles. The van der Waals surface area contributed by atoms with Crippen LogP contribution in [0.3, 0.4) is 0 Å². The van der Waals surface area contributed by atoms with Crippen LogP contribution in [0.4, 0.5) is 15.8 Å². The van der Waals surface area contributed by atoms with Crippen LogP contribution < -0.4 is 15.0 Å². The Labute approximate surface area is 198 Å². The van der Waals surface area contributed by atoms with Gasteiger partial charge in [0, 0.05) is 11.3 Å². The predicted octanol–water partition coefficient (Wildman–Crippen LogP) is 4.68. The lowest BCUT2D eigenvalue weighted by Crippen LogP contribution is -2.32. The smallest absolute Gasteiger partial charge is 0.343 e. The van der Waals surface area contributed by atoms with Gasteiger partial charge < -0.3 is 10.1 Å². The summed E-state index contributed by atoms with van der Waals surface area (Å²) in [6.07, 6.45) is 0. The molecule has 2 amide bonds. The van der Waals surface area contributed by atoms with Crippen molar-refractivity contribution in [2.24, 2.45) is 0 Å². The van der Waals surface area contributed by atoms with E-state index in [1.165, 1.54) is 55.5 Å². The van der Waals surface area contributed by atoms with Crippen molar-refractivity contribution < 1.29 is 28.3 Å². The summed E-state index contributed by atoms with van der Waals surface area (Å²) in [6, 6.07) is 17.0. The first kappa shape index (κ1) is 22.9. The first-order chi connectivity index (χ1) is 16.2. The Bertz CT molecular complexity index is 1330. The number of carbonyl (C=O) groups is 4. The molecule has 3 aromatic carbocycles. The van der Waals surface area contributed by atoms with E-state index in [0.29, 0.717) is 11.3 Å². The van der Waals surface area contributed by atoms with Crippen LogP contribution in [0.5, 0.6) is 5.75 Å². The molecule has 170 valence electrons. The van der Waals surface area contributed by atoms with Crippen molar-refractivity contribution in [3.8, 4) is 5.75 Å². The van der Waals surface area contributed by atoms with E-state index in [2.05, 4.69) is 5.32 Å². The molecule has 4 rings (SSSR count). The number of ketones is 1. The van der Waals surface area contributed by atoms with Gasteiger partial charge in [0.15, 0.2) is 5.78 Å². The summed E-state index contributed by atoms with van der Waals surface area (Å²) < 4.78 is 18.5. The highest BCUT2D eigenvalue weighted by atomic mass is 35.5. The molecular weight excluding hydrogens is 463 g/mol. The fourth-order valence-corrected chi connectivity index (χ4v) is 3.41. The van der Waals surface area contributed by atoms with E-state index in [9.17, 15) is 23.6 Å². The minimum absolute atomic E-state index is 0.0978. The summed E-state index contributed by atoms with van der Waals surface area (Å²) >= 11 is 6.09. The Morgan fingerprint density at radius 2 is 1.44 bits per heavy atom. The number of halogens is 2. The van der Waals surface area contributed by atoms with Gasteiger partial charge in [0.25, 0.3) is 11.8 Å². The molecule has 3 aromatic rings. The van der Waals surface area contributed by atoms with Gasteiger partial charge >= 0.3 is 5.97 Å². The molecule has 0 atom stereocenters. The lowest BCUT2D eigenvalue weighted by molar-refractivity contribution is -0.120. The van der Waals surface area contributed by atoms with Crippen molar-refractivity contribution in [2.75, 3.05) is 10.2 Å². The average molecular weight is 479 g/mol. The molecule has 7 nitrogen and oxygen atoms in total. The normalized spacial score (nSPS) is 13.3. The van der Waals surface area contributed by atoms with E-state index >= 15 is 0 Å². The number of nitrogens with one attached hydrogen (secondary N) is 1. The Morgan fingerprint density at radius 3 is 2.03 bits per heavy atom. The number of hydrogen-bond acceptors (Lipinski definition) is 6. The van der Waals surface area contributed by atoms with Gasteiger partial charge in [-0.2, -0.15) is 0 Å². The van der Waals surface area contributed by atoms with Crippen LogP contribution in [0.15, 0.2) is 83.5 Å². The monoisotopic (exact) mass is 478 g/mol. The summed E-state index contributed by atoms with van der Waals surface area (Å²) in [5, 5.41) is 2.48. The summed E-state index contributed by atoms with van der Waals surface area (Å²) in [7, 11) is 0. The molecule has 0 saturated heterocycles. The van der Waals surface area contributed by atoms with Gasteiger partial charge in [-0.15, -0.1) is 0 Å². The molecule has 0 bridgehead atoms. The standard InChI is InChI=1S/C25H16ClFN2O5/c1-14(30)15-4-12-20(13-5-15)34-25(33)16-2-8-18(9-3-16)28-22-21(26)23(31)29(24(22)32)19-10-6-17(27)7-11-19/h2-13,28H,1H3. The highest BCUT2D eigenvalue weighted by Crippen LogP contribution is 2.30. The third-order valence-electron chi connectivity index (χ3n) is 4.97. The number of carbonyl (C=O) groups excluding carboxylic acids is 4. The third kappa shape index (κ3) is 4.57. The predicted molar refractivity (Wildman–Crippen MR) is 123 cm³/mol. The van der Waals surface area contributed by atoms with Gasteiger partial charge in [0.2, 0.25) is 0 Å². The Morgan fingerprint density at radius 1 is 0.853 bits per heavy atom. The van der Waals surface area contributed by atoms with E-state index in [-0.39, 0.29) is 33.5 Å². The highest BCUT2D eigenvalue weighted by Gasteiger charge is 2.38. The summed E-state index contributed by atoms with van der Waals surface area (Å²) in [5.41, 5.74) is 1.18. The quantitative estimate of drug-likeness (QED) is 0.239. The summed E-state index contributed by atoms with van der Waals surface area (Å²) in [6.45, 7) is 1.44. The van der Waals surface area contributed by atoms with Gasteiger partial charge in [-0.05, 0) is 79.7 Å². The topological polar surface area (TPSA) is 92.8 Å². The number of hydrogen-bond donors (Lipinski definition) is 1. The molecule has 1 N–H and O–H groups in total. The van der Waals surface area contributed by atoms with Crippen molar-refractivity contribution in [3.63, 3.8) is 0 Å². The lowest BCUT2D eigenvalue weighted by atomic mass is 10.1. The maximum atomic E-state index is 13.2. The molecule has 0 radical (unpaired) electrons. The Kier molecular flexibility index (Phi) is 6.25. The van der Waals surface area contributed by atoms with Crippen LogP contribution in [-0.4, -0.2) is 23.6 Å². The molecule has 1 aliphatic heterocycles. The number of anilines is 2. The summed E-state index contributed by atoms with van der Waals surface area (Å²) in [5.74, 6) is -2.37. The number of benzene rings is 3. The van der Waals surface area contributed by atoms with E-state index < -0.39 is 23.6 Å². The van der Waals surface area contributed by atoms with Gasteiger partial charge in [0.05, 0.1) is 11.3 Å². The molecule has 0 unspecified atom stereocenters. The first-order valence-electron chi connectivity index (χ1n) is 9.99. The van der Waals surface area contributed by atoms with E-state index in [4.69, 9.17) is 16.3 Å².